The Labute approximate surface area is 281 Å². The summed E-state index contributed by atoms with van der Waals surface area (Å²) in [6, 6.07) is 48.5. The molecule has 0 saturated heterocycles. The lowest BCUT2D eigenvalue weighted by molar-refractivity contribution is -0.703. The molecule has 238 valence electrons. The van der Waals surface area contributed by atoms with Crippen LogP contribution in [0.3, 0.4) is 0 Å². The van der Waals surface area contributed by atoms with Gasteiger partial charge in [-0.05, 0) is 59.6 Å². The Kier molecular flexibility index (Phi) is 10.7. The maximum Gasteiger partial charge on any atom is 0.421 e. The molecule has 0 unspecified atom stereocenters. The van der Waals surface area contributed by atoms with Crippen LogP contribution in [0.5, 0.6) is 0 Å². The van der Waals surface area contributed by atoms with Crippen molar-refractivity contribution in [1.82, 2.24) is 4.57 Å². The van der Waals surface area contributed by atoms with Crippen LogP contribution in [-0.4, -0.2) is 10.7 Å². The first-order valence-corrected chi connectivity index (χ1v) is 16.7. The van der Waals surface area contributed by atoms with Crippen molar-refractivity contribution in [3.05, 3.63) is 163 Å². The smallest absolute Gasteiger partial charge is 0.229 e. The number of hydrogen-bond donors (Lipinski definition) is 0. The van der Waals surface area contributed by atoms with Crippen LogP contribution in [0.15, 0.2) is 156 Å². The number of imidazole rings is 1. The Morgan fingerprint density at radius 3 is 1.28 bits per heavy atom. The van der Waals surface area contributed by atoms with E-state index >= 15 is 0 Å². The number of azo groups is 1. The molecular formula is C42H47BN4. The van der Waals surface area contributed by atoms with Crippen LogP contribution in [0.4, 0.5) is 11.6 Å². The molecule has 0 fully saturated rings. The van der Waals surface area contributed by atoms with E-state index in [2.05, 4.69) is 214 Å². The van der Waals surface area contributed by atoms with Crippen LogP contribution < -0.4 is 26.4 Å². The maximum atomic E-state index is 4.58. The summed E-state index contributed by atoms with van der Waals surface area (Å²) in [5, 5.41) is 9.14. The average molecular weight is 619 g/mol. The van der Waals surface area contributed by atoms with Gasteiger partial charge in [0.2, 0.25) is 0 Å². The third-order valence-corrected chi connectivity index (χ3v) is 9.04. The molecule has 5 heteroatoms. The van der Waals surface area contributed by atoms with Gasteiger partial charge < -0.3 is 0 Å². The van der Waals surface area contributed by atoms with Crippen molar-refractivity contribution >= 4 is 39.6 Å². The van der Waals surface area contributed by atoms with Gasteiger partial charge in [0.05, 0.1) is 24.5 Å². The fourth-order valence-corrected chi connectivity index (χ4v) is 6.87. The van der Waals surface area contributed by atoms with Gasteiger partial charge in [0, 0.05) is 5.11 Å². The van der Waals surface area contributed by atoms with Crippen LogP contribution in [0.1, 0.15) is 56.5 Å². The van der Waals surface area contributed by atoms with Crippen molar-refractivity contribution < 1.29 is 4.57 Å². The highest BCUT2D eigenvalue weighted by Gasteiger charge is 2.31. The van der Waals surface area contributed by atoms with Gasteiger partial charge in [-0.3, -0.25) is 0 Å². The minimum absolute atomic E-state index is 0.356. The summed E-state index contributed by atoms with van der Waals surface area (Å²) in [7, 11) is 0. The number of hydrogen-bond acceptors (Lipinski definition) is 2. The van der Waals surface area contributed by atoms with Crippen molar-refractivity contribution in [3.8, 4) is 0 Å². The van der Waals surface area contributed by atoms with Crippen LogP contribution in [0, 0.1) is 20.8 Å². The summed E-state index contributed by atoms with van der Waals surface area (Å²) in [6.45, 7) is 14.9. The lowest BCUT2D eigenvalue weighted by atomic mass is 9.13. The fourth-order valence-electron chi connectivity index (χ4n) is 6.87. The van der Waals surface area contributed by atoms with Gasteiger partial charge in [-0.2, -0.15) is 21.9 Å². The van der Waals surface area contributed by atoms with Gasteiger partial charge in [0.15, 0.2) is 0 Å². The van der Waals surface area contributed by atoms with Gasteiger partial charge in [-0.15, -0.1) is 0 Å². The predicted octanol–water partition coefficient (Wildman–Crippen LogP) is 8.34. The zero-order valence-electron chi connectivity index (χ0n) is 28.9. The third-order valence-electron chi connectivity index (χ3n) is 9.04. The molecule has 5 aromatic carbocycles. The molecule has 47 heavy (non-hydrogen) atoms. The molecule has 0 saturated carbocycles. The van der Waals surface area contributed by atoms with Crippen LogP contribution >= 0.6 is 0 Å². The molecular weight excluding hydrogens is 571 g/mol. The molecule has 4 nitrogen and oxygen atoms in total. The first-order valence-electron chi connectivity index (χ1n) is 16.7. The molecule has 0 aliphatic carbocycles. The minimum Gasteiger partial charge on any atom is -0.229 e. The highest BCUT2D eigenvalue weighted by atomic mass is 15.3. The summed E-state index contributed by atoms with van der Waals surface area (Å²) in [5.41, 5.74) is 9.92. The Bertz CT molecular complexity index is 1680. The van der Waals surface area contributed by atoms with Crippen LogP contribution in [0.25, 0.3) is 0 Å². The third kappa shape index (κ3) is 7.20. The van der Waals surface area contributed by atoms with Crippen LogP contribution in [0.2, 0.25) is 0 Å². The summed E-state index contributed by atoms with van der Waals surface area (Å²) in [5.74, 6) is 0.893. The summed E-state index contributed by atoms with van der Waals surface area (Å²) < 4.78 is 4.31. The second-order valence-corrected chi connectivity index (χ2v) is 13.1. The average Bonchev–Trinajstić information content (AvgIpc) is 3.52. The topological polar surface area (TPSA) is 33.5 Å². The predicted molar refractivity (Wildman–Crippen MR) is 200 cm³/mol. The Morgan fingerprint density at radius 1 is 0.553 bits per heavy atom. The highest BCUT2D eigenvalue weighted by molar-refractivity contribution is 7.19. The maximum absolute atomic E-state index is 4.58. The Hall–Kier alpha value is -5.03. The first kappa shape index (κ1) is 33.3. The molecule has 0 atom stereocenters. The first-order chi connectivity index (χ1) is 22.7. The highest BCUT2D eigenvalue weighted by Crippen LogP contribution is 2.27. The molecule has 6 rings (SSSR count). The van der Waals surface area contributed by atoms with Crippen LogP contribution in [-0.2, 0) is 0 Å². The van der Waals surface area contributed by atoms with E-state index in [1.807, 2.05) is 0 Å². The van der Waals surface area contributed by atoms with E-state index in [0.29, 0.717) is 12.1 Å². The summed E-state index contributed by atoms with van der Waals surface area (Å²) in [6.07, 6.45) is 2.94. The lowest BCUT2D eigenvalue weighted by Crippen LogP contribution is -2.74. The standard InChI is InChI=1S/C24H20B.C18H27N4/c1-5-13-21(14-6-1)25(22-15-7-2-8-16-22,23-17-9-3-10-18-23)24-19-11-4-12-20-24;1-12(2)21-8-9-22(13(3)4)18(21)20-19-17-15(6)10-14(5)11-16(17)7/h1-20H;8-13H,1-7H3/q-1;+1. The number of rotatable bonds is 8. The Morgan fingerprint density at radius 2 is 0.936 bits per heavy atom. The van der Waals surface area contributed by atoms with Gasteiger partial charge in [-0.25, -0.2) is 9.13 Å². The summed E-state index contributed by atoms with van der Waals surface area (Å²) in [4.78, 5) is 0. The van der Waals surface area contributed by atoms with Gasteiger partial charge in [-0.1, -0.05) is 144 Å². The van der Waals surface area contributed by atoms with Crippen molar-refractivity contribution in [2.24, 2.45) is 10.2 Å². The molecule has 0 aliphatic rings. The normalized spacial score (nSPS) is 11.6. The SMILES string of the molecule is Cc1cc(C)c(N=Nc2n(C(C)C)cc[n+]2C(C)C)c(C)c1.c1ccc([B-](c2ccccc2)(c2ccccc2)c2ccccc2)cc1. The molecule has 6 aromatic rings. The minimum atomic E-state index is -1.22. The lowest BCUT2D eigenvalue weighted by Gasteiger charge is -2.44. The fraction of sp³-hybridized carbons (Fsp3) is 0.214. The molecule has 0 bridgehead atoms. The van der Waals surface area contributed by atoms with Crippen molar-refractivity contribution in [2.75, 3.05) is 0 Å². The molecule has 1 aromatic heterocycles. The van der Waals surface area contributed by atoms with E-state index in [-0.39, 0.29) is 0 Å². The number of nitrogens with zero attached hydrogens (tertiary/aromatic N) is 4. The monoisotopic (exact) mass is 618 g/mol. The van der Waals surface area contributed by atoms with E-state index in [4.69, 9.17) is 0 Å². The van der Waals surface area contributed by atoms with Gasteiger partial charge in [0.25, 0.3) is 0 Å². The number of benzene rings is 5. The van der Waals surface area contributed by atoms with E-state index < -0.39 is 6.15 Å². The van der Waals surface area contributed by atoms with Crippen molar-refractivity contribution in [3.63, 3.8) is 0 Å². The second-order valence-electron chi connectivity index (χ2n) is 13.1. The number of aryl methyl sites for hydroxylation is 3. The molecule has 0 radical (unpaired) electrons. The Balaban J connectivity index is 0.000000186. The second kappa shape index (κ2) is 15.0. The molecule has 0 amide bonds. The zero-order chi connectivity index (χ0) is 33.4. The van der Waals surface area contributed by atoms with Gasteiger partial charge >= 0.3 is 5.95 Å². The number of aromatic nitrogens is 2. The summed E-state index contributed by atoms with van der Waals surface area (Å²) >= 11 is 0. The quantitative estimate of drug-likeness (QED) is 0.0934. The van der Waals surface area contributed by atoms with Crippen molar-refractivity contribution in [2.45, 2.75) is 60.5 Å². The molecule has 0 spiro atoms. The van der Waals surface area contributed by atoms with E-state index in [0.717, 1.165) is 11.6 Å². The van der Waals surface area contributed by atoms with Crippen molar-refractivity contribution in [1.29, 1.82) is 0 Å². The van der Waals surface area contributed by atoms with E-state index in [9.17, 15) is 0 Å². The van der Waals surface area contributed by atoms with E-state index in [1.54, 1.807) is 0 Å². The largest absolute Gasteiger partial charge is 0.421 e. The van der Waals surface area contributed by atoms with E-state index in [1.165, 1.54) is 38.5 Å². The molecule has 1 heterocycles. The molecule has 0 N–H and O–H groups in total. The molecule has 0 aliphatic heterocycles. The zero-order valence-corrected chi connectivity index (χ0v) is 28.9. The van der Waals surface area contributed by atoms with Gasteiger partial charge in [0.1, 0.15) is 11.8 Å².